The molecule has 0 saturated heterocycles. The van der Waals surface area contributed by atoms with Crippen LogP contribution < -0.4 is 4.74 Å². The van der Waals surface area contributed by atoms with Gasteiger partial charge in [-0.2, -0.15) is 0 Å². The van der Waals surface area contributed by atoms with Crippen LogP contribution in [0, 0.1) is 31.5 Å². The molecule has 3 rings (SSSR count). The number of aliphatic carboxylic acids is 1. The summed E-state index contributed by atoms with van der Waals surface area (Å²) in [5.74, 6) is 5.81. The lowest BCUT2D eigenvalue weighted by Gasteiger charge is -2.08. The fraction of sp³-hybridized carbons (Fsp3) is 0.217. The van der Waals surface area contributed by atoms with Gasteiger partial charge in [-0.3, -0.25) is 4.79 Å². The van der Waals surface area contributed by atoms with Crippen LogP contribution in [0.3, 0.4) is 0 Å². The van der Waals surface area contributed by atoms with E-state index in [2.05, 4.69) is 17.0 Å². The van der Waals surface area contributed by atoms with Gasteiger partial charge in [0.1, 0.15) is 23.9 Å². The molecule has 1 N–H and O–H groups in total. The second kappa shape index (κ2) is 9.07. The molecule has 0 unspecified atom stereocenters. The zero-order chi connectivity index (χ0) is 20.8. The molecule has 1 heterocycles. The highest BCUT2D eigenvalue weighted by Crippen LogP contribution is 2.19. The molecule has 1 aromatic heterocycles. The maximum atomic E-state index is 14.1. The van der Waals surface area contributed by atoms with E-state index in [9.17, 15) is 9.18 Å². The number of benzene rings is 2. The number of hydrogen-bond acceptors (Lipinski definition) is 4. The second-order valence-electron chi connectivity index (χ2n) is 6.59. The van der Waals surface area contributed by atoms with Gasteiger partial charge in [0.25, 0.3) is 0 Å². The summed E-state index contributed by atoms with van der Waals surface area (Å²) in [5.41, 5.74) is 3.61. The molecule has 3 aromatic rings. The first kappa shape index (κ1) is 20.2. The Balaban J connectivity index is 1.65. The van der Waals surface area contributed by atoms with Crippen LogP contribution >= 0.6 is 0 Å². The fourth-order valence-corrected chi connectivity index (χ4v) is 2.76. The molecular formula is C23H20FNO4. The zero-order valence-corrected chi connectivity index (χ0v) is 16.2. The standard InChI is InChI=1S/C23H20FNO4/c1-15-21(16(2)29-25-15)10-6-17-4-3-5-18(12-17)14-28-20-9-7-19(22(24)13-20)8-11-23(26)27/h3-5,7,9,12-13H,8,11,14H2,1-2H3,(H,26,27). The number of carboxylic acids is 1. The summed E-state index contributed by atoms with van der Waals surface area (Å²) in [5, 5.41) is 12.6. The third kappa shape index (κ3) is 5.45. The Morgan fingerprint density at radius 2 is 2.03 bits per heavy atom. The molecule has 0 aliphatic carbocycles. The van der Waals surface area contributed by atoms with Gasteiger partial charge in [-0.05, 0) is 49.6 Å². The molecule has 0 spiro atoms. The highest BCUT2D eigenvalue weighted by Gasteiger charge is 2.08. The van der Waals surface area contributed by atoms with E-state index in [1.54, 1.807) is 12.1 Å². The summed E-state index contributed by atoms with van der Waals surface area (Å²) < 4.78 is 24.9. The van der Waals surface area contributed by atoms with Crippen LogP contribution in [-0.2, 0) is 17.8 Å². The van der Waals surface area contributed by atoms with Gasteiger partial charge in [0, 0.05) is 18.1 Å². The van der Waals surface area contributed by atoms with Crippen molar-refractivity contribution in [2.75, 3.05) is 0 Å². The largest absolute Gasteiger partial charge is 0.489 e. The molecule has 0 aliphatic rings. The van der Waals surface area contributed by atoms with Gasteiger partial charge in [-0.25, -0.2) is 4.39 Å². The lowest BCUT2D eigenvalue weighted by Crippen LogP contribution is -2.01. The van der Waals surface area contributed by atoms with Gasteiger partial charge < -0.3 is 14.4 Å². The van der Waals surface area contributed by atoms with Crippen LogP contribution in [0.25, 0.3) is 0 Å². The topological polar surface area (TPSA) is 72.6 Å². The molecule has 2 aromatic carbocycles. The number of nitrogens with zero attached hydrogens (tertiary/aromatic N) is 1. The van der Waals surface area contributed by atoms with Gasteiger partial charge in [0.15, 0.2) is 0 Å². The van der Waals surface area contributed by atoms with E-state index >= 15 is 0 Å². The van der Waals surface area contributed by atoms with Crippen molar-refractivity contribution in [1.29, 1.82) is 0 Å². The molecule has 0 bridgehead atoms. The molecule has 0 fully saturated rings. The van der Waals surface area contributed by atoms with E-state index in [1.807, 2.05) is 38.1 Å². The zero-order valence-electron chi connectivity index (χ0n) is 16.2. The molecule has 148 valence electrons. The van der Waals surface area contributed by atoms with Crippen molar-refractivity contribution in [2.24, 2.45) is 0 Å². The molecule has 5 nitrogen and oxygen atoms in total. The molecule has 0 saturated carbocycles. The Morgan fingerprint density at radius 1 is 1.21 bits per heavy atom. The molecular weight excluding hydrogens is 373 g/mol. The van der Waals surface area contributed by atoms with Gasteiger partial charge >= 0.3 is 5.97 Å². The lowest BCUT2D eigenvalue weighted by atomic mass is 10.1. The molecule has 0 radical (unpaired) electrons. The van der Waals surface area contributed by atoms with E-state index < -0.39 is 11.8 Å². The molecule has 29 heavy (non-hydrogen) atoms. The van der Waals surface area contributed by atoms with E-state index in [0.717, 1.165) is 22.4 Å². The first-order valence-corrected chi connectivity index (χ1v) is 9.09. The number of hydrogen-bond donors (Lipinski definition) is 1. The van der Waals surface area contributed by atoms with Gasteiger partial charge in [0.05, 0.1) is 11.3 Å². The van der Waals surface area contributed by atoms with Crippen LogP contribution in [0.15, 0.2) is 47.0 Å². The van der Waals surface area contributed by atoms with Crippen LogP contribution in [-0.4, -0.2) is 16.2 Å². The predicted molar refractivity (Wildman–Crippen MR) is 105 cm³/mol. The Morgan fingerprint density at radius 3 is 2.72 bits per heavy atom. The van der Waals surface area contributed by atoms with E-state index in [1.165, 1.54) is 6.07 Å². The highest BCUT2D eigenvalue weighted by molar-refractivity contribution is 5.67. The van der Waals surface area contributed by atoms with Crippen molar-refractivity contribution in [1.82, 2.24) is 5.16 Å². The van der Waals surface area contributed by atoms with Crippen molar-refractivity contribution in [3.05, 3.63) is 82.0 Å². The Kier molecular flexibility index (Phi) is 6.30. The molecule has 6 heteroatoms. The number of carbonyl (C=O) groups is 1. The van der Waals surface area contributed by atoms with Crippen LogP contribution in [0.4, 0.5) is 4.39 Å². The third-order valence-electron chi connectivity index (χ3n) is 4.33. The van der Waals surface area contributed by atoms with Crippen molar-refractivity contribution < 1.29 is 23.6 Å². The first-order chi connectivity index (χ1) is 13.9. The second-order valence-corrected chi connectivity index (χ2v) is 6.59. The summed E-state index contributed by atoms with van der Waals surface area (Å²) in [6, 6.07) is 12.1. The summed E-state index contributed by atoms with van der Waals surface area (Å²) in [6.45, 7) is 3.92. The normalized spacial score (nSPS) is 10.3. The summed E-state index contributed by atoms with van der Waals surface area (Å²) in [4.78, 5) is 10.6. The van der Waals surface area contributed by atoms with Crippen molar-refractivity contribution in [3.8, 4) is 17.6 Å². The number of rotatable bonds is 6. The van der Waals surface area contributed by atoms with Gasteiger partial charge in [0.2, 0.25) is 0 Å². The quantitative estimate of drug-likeness (QED) is 0.628. The number of aromatic nitrogens is 1. The number of halogens is 1. The van der Waals surface area contributed by atoms with E-state index in [0.29, 0.717) is 17.1 Å². The SMILES string of the molecule is Cc1noc(C)c1C#Cc1cccc(COc2ccc(CCC(=O)O)c(F)c2)c1. The Bertz CT molecular complexity index is 1070. The van der Waals surface area contributed by atoms with Gasteiger partial charge in [-0.15, -0.1) is 0 Å². The monoisotopic (exact) mass is 393 g/mol. The minimum absolute atomic E-state index is 0.112. The summed E-state index contributed by atoms with van der Waals surface area (Å²) in [6.07, 6.45) is 0.0339. The van der Waals surface area contributed by atoms with Crippen LogP contribution in [0.1, 0.15) is 40.1 Å². The summed E-state index contributed by atoms with van der Waals surface area (Å²) >= 11 is 0. The van der Waals surface area contributed by atoms with E-state index in [4.69, 9.17) is 14.4 Å². The molecule has 0 atom stereocenters. The molecule has 0 aliphatic heterocycles. The van der Waals surface area contributed by atoms with Crippen molar-refractivity contribution in [2.45, 2.75) is 33.3 Å². The maximum Gasteiger partial charge on any atom is 0.303 e. The maximum absolute atomic E-state index is 14.1. The number of carboxylic acid groups (broad SMARTS) is 1. The fourth-order valence-electron chi connectivity index (χ4n) is 2.76. The number of ether oxygens (including phenoxy) is 1. The third-order valence-corrected chi connectivity index (χ3v) is 4.33. The van der Waals surface area contributed by atoms with E-state index in [-0.39, 0.29) is 19.4 Å². The van der Waals surface area contributed by atoms with Crippen LogP contribution in [0.2, 0.25) is 0 Å². The highest BCUT2D eigenvalue weighted by atomic mass is 19.1. The first-order valence-electron chi connectivity index (χ1n) is 9.09. The Hall–Kier alpha value is -3.59. The predicted octanol–water partition coefficient (Wildman–Crippen LogP) is 4.43. The summed E-state index contributed by atoms with van der Waals surface area (Å²) in [7, 11) is 0. The molecule has 0 amide bonds. The van der Waals surface area contributed by atoms with Gasteiger partial charge in [-0.1, -0.05) is 35.2 Å². The average Bonchev–Trinajstić information content (AvgIpc) is 3.02. The van der Waals surface area contributed by atoms with Crippen molar-refractivity contribution >= 4 is 5.97 Å². The van der Waals surface area contributed by atoms with Crippen molar-refractivity contribution in [3.63, 3.8) is 0 Å². The van der Waals surface area contributed by atoms with Crippen LogP contribution in [0.5, 0.6) is 5.75 Å². The number of aryl methyl sites for hydroxylation is 3. The lowest BCUT2D eigenvalue weighted by molar-refractivity contribution is -0.136. The average molecular weight is 393 g/mol. The minimum Gasteiger partial charge on any atom is -0.489 e. The minimum atomic E-state index is -0.956. The Labute approximate surface area is 168 Å². The smallest absolute Gasteiger partial charge is 0.303 e.